The highest BCUT2D eigenvalue weighted by Gasteiger charge is 2.26. The summed E-state index contributed by atoms with van der Waals surface area (Å²) >= 11 is 0. The maximum atomic E-state index is 12.0. The second-order valence-electron chi connectivity index (χ2n) is 5.28. The molecule has 21 heavy (non-hydrogen) atoms. The minimum absolute atomic E-state index is 0.150. The number of aryl methyl sites for hydroxylation is 2. The van der Waals surface area contributed by atoms with Crippen LogP contribution in [-0.2, 0) is 4.79 Å². The molecule has 0 radical (unpaired) electrons. The summed E-state index contributed by atoms with van der Waals surface area (Å²) in [7, 11) is 0. The van der Waals surface area contributed by atoms with Crippen LogP contribution < -0.4 is 10.6 Å². The number of hydrogen-bond acceptors (Lipinski definition) is 4. The van der Waals surface area contributed by atoms with E-state index < -0.39 is 18.0 Å². The summed E-state index contributed by atoms with van der Waals surface area (Å²) in [5, 5.41) is 18.2. The number of carboxylic acids is 1. The quantitative estimate of drug-likeness (QED) is 0.746. The van der Waals surface area contributed by atoms with Crippen molar-refractivity contribution in [2.24, 2.45) is 5.92 Å². The zero-order valence-electron chi connectivity index (χ0n) is 13.1. The Morgan fingerprint density at radius 3 is 2.33 bits per heavy atom. The highest BCUT2D eigenvalue weighted by molar-refractivity contribution is 5.82. The van der Waals surface area contributed by atoms with Crippen molar-refractivity contribution in [3.8, 4) is 0 Å². The lowest BCUT2D eigenvalue weighted by Gasteiger charge is -2.22. The first kappa shape index (κ1) is 17.0. The third kappa shape index (κ3) is 4.21. The Kier molecular flexibility index (Phi) is 5.75. The number of nitrogens with one attached hydrogen (secondary N) is 2. The van der Waals surface area contributed by atoms with Crippen molar-refractivity contribution in [1.29, 1.82) is 0 Å². The molecular weight excluding hydrogens is 274 g/mol. The lowest BCUT2D eigenvalue weighted by molar-refractivity contribution is -0.140. The fourth-order valence-electron chi connectivity index (χ4n) is 2.24. The number of carbonyl (C=O) groups is 2. The Morgan fingerprint density at radius 1 is 1.29 bits per heavy atom. The second kappa shape index (κ2) is 7.10. The number of carbonyl (C=O) groups excluding carboxylic acids is 1. The Balaban J connectivity index is 2.70. The molecule has 3 atom stereocenters. The summed E-state index contributed by atoms with van der Waals surface area (Å²) in [6, 6.07) is -1.75. The SMILES string of the molecule is CCC(C)C(NC(=O)NC(C)c1c(C)noc1C)C(=O)O. The summed E-state index contributed by atoms with van der Waals surface area (Å²) < 4.78 is 5.06. The van der Waals surface area contributed by atoms with Gasteiger partial charge >= 0.3 is 12.0 Å². The molecule has 3 N–H and O–H groups in total. The van der Waals surface area contributed by atoms with Crippen LogP contribution in [0.25, 0.3) is 0 Å². The molecule has 0 saturated carbocycles. The van der Waals surface area contributed by atoms with Crippen molar-refractivity contribution < 1.29 is 19.2 Å². The van der Waals surface area contributed by atoms with Crippen LogP contribution in [0.1, 0.15) is 50.3 Å². The van der Waals surface area contributed by atoms with Crippen molar-refractivity contribution in [3.63, 3.8) is 0 Å². The summed E-state index contributed by atoms with van der Waals surface area (Å²) in [5.74, 6) is -0.552. The van der Waals surface area contributed by atoms with E-state index in [1.54, 1.807) is 27.7 Å². The molecule has 0 aliphatic carbocycles. The minimum atomic E-state index is -1.04. The molecule has 1 aromatic heterocycles. The molecule has 0 spiro atoms. The highest BCUT2D eigenvalue weighted by atomic mass is 16.5. The number of nitrogens with zero attached hydrogens (tertiary/aromatic N) is 1. The third-order valence-corrected chi connectivity index (χ3v) is 3.63. The molecule has 0 aliphatic heterocycles. The van der Waals surface area contributed by atoms with E-state index >= 15 is 0 Å². The van der Waals surface area contributed by atoms with E-state index in [4.69, 9.17) is 9.63 Å². The predicted octanol–water partition coefficient (Wildman–Crippen LogP) is 2.15. The van der Waals surface area contributed by atoms with Gasteiger partial charge in [-0.2, -0.15) is 0 Å². The van der Waals surface area contributed by atoms with Crippen LogP contribution in [0.5, 0.6) is 0 Å². The zero-order valence-corrected chi connectivity index (χ0v) is 13.1. The first-order valence-corrected chi connectivity index (χ1v) is 7.00. The molecular formula is C14H23N3O4. The molecule has 0 aromatic carbocycles. The van der Waals surface area contributed by atoms with E-state index in [0.717, 1.165) is 5.56 Å². The molecule has 1 heterocycles. The van der Waals surface area contributed by atoms with Gasteiger partial charge in [-0.1, -0.05) is 25.4 Å². The van der Waals surface area contributed by atoms with E-state index in [1.165, 1.54) is 0 Å². The van der Waals surface area contributed by atoms with E-state index in [-0.39, 0.29) is 12.0 Å². The first-order valence-electron chi connectivity index (χ1n) is 7.00. The Hall–Kier alpha value is -2.05. The predicted molar refractivity (Wildman–Crippen MR) is 76.9 cm³/mol. The number of aliphatic carboxylic acids is 1. The van der Waals surface area contributed by atoms with Crippen LogP contribution in [0.2, 0.25) is 0 Å². The van der Waals surface area contributed by atoms with Gasteiger partial charge in [-0.3, -0.25) is 0 Å². The van der Waals surface area contributed by atoms with Crippen LogP contribution >= 0.6 is 0 Å². The normalized spacial score (nSPS) is 15.1. The fraction of sp³-hybridized carbons (Fsp3) is 0.643. The molecule has 3 unspecified atom stereocenters. The van der Waals surface area contributed by atoms with Crippen LogP contribution in [0, 0.1) is 19.8 Å². The number of urea groups is 1. The second-order valence-corrected chi connectivity index (χ2v) is 5.28. The van der Waals surface area contributed by atoms with Gasteiger partial charge in [0.1, 0.15) is 11.8 Å². The molecule has 1 aromatic rings. The monoisotopic (exact) mass is 297 g/mol. The van der Waals surface area contributed by atoms with Crippen molar-refractivity contribution in [2.45, 2.75) is 53.1 Å². The molecule has 118 valence electrons. The van der Waals surface area contributed by atoms with Crippen LogP contribution in [-0.4, -0.2) is 28.3 Å². The zero-order chi connectivity index (χ0) is 16.2. The van der Waals surface area contributed by atoms with Crippen molar-refractivity contribution in [2.75, 3.05) is 0 Å². The standard InChI is InChI=1S/C14H23N3O4/c1-6-7(2)12(13(18)19)16-14(20)15-8(3)11-9(4)17-21-10(11)5/h7-8,12H,6H2,1-5H3,(H,18,19)(H2,15,16,20). The molecule has 0 aliphatic rings. The maximum absolute atomic E-state index is 12.0. The molecule has 7 nitrogen and oxygen atoms in total. The third-order valence-electron chi connectivity index (χ3n) is 3.63. The topological polar surface area (TPSA) is 104 Å². The van der Waals surface area contributed by atoms with Gasteiger partial charge in [-0.05, 0) is 26.7 Å². The van der Waals surface area contributed by atoms with E-state index in [1.807, 2.05) is 6.92 Å². The lowest BCUT2D eigenvalue weighted by Crippen LogP contribution is -2.49. The van der Waals surface area contributed by atoms with Gasteiger partial charge in [0.15, 0.2) is 0 Å². The summed E-state index contributed by atoms with van der Waals surface area (Å²) in [6.45, 7) is 9.03. The summed E-state index contributed by atoms with van der Waals surface area (Å²) in [6.07, 6.45) is 0.663. The molecule has 7 heteroatoms. The lowest BCUT2D eigenvalue weighted by atomic mass is 9.99. The molecule has 1 rings (SSSR count). The number of hydrogen-bond donors (Lipinski definition) is 3. The summed E-state index contributed by atoms with van der Waals surface area (Å²) in [5.41, 5.74) is 1.51. The number of carboxylic acid groups (broad SMARTS) is 1. The van der Waals surface area contributed by atoms with E-state index in [0.29, 0.717) is 17.9 Å². The van der Waals surface area contributed by atoms with Gasteiger partial charge in [0.2, 0.25) is 0 Å². The van der Waals surface area contributed by atoms with Crippen LogP contribution in [0.3, 0.4) is 0 Å². The first-order chi connectivity index (χ1) is 9.77. The Morgan fingerprint density at radius 2 is 1.90 bits per heavy atom. The Labute approximate surface area is 124 Å². The highest BCUT2D eigenvalue weighted by Crippen LogP contribution is 2.20. The Bertz CT molecular complexity index is 493. The van der Waals surface area contributed by atoms with Crippen molar-refractivity contribution in [1.82, 2.24) is 15.8 Å². The van der Waals surface area contributed by atoms with Gasteiger partial charge in [0.25, 0.3) is 0 Å². The average Bonchev–Trinajstić information content (AvgIpc) is 2.74. The smallest absolute Gasteiger partial charge is 0.326 e. The van der Waals surface area contributed by atoms with E-state index in [2.05, 4.69) is 15.8 Å². The van der Waals surface area contributed by atoms with Crippen LogP contribution in [0.15, 0.2) is 4.52 Å². The summed E-state index contributed by atoms with van der Waals surface area (Å²) in [4.78, 5) is 23.2. The number of aromatic nitrogens is 1. The molecule has 0 saturated heterocycles. The van der Waals surface area contributed by atoms with Crippen molar-refractivity contribution in [3.05, 3.63) is 17.0 Å². The largest absolute Gasteiger partial charge is 0.480 e. The van der Waals surface area contributed by atoms with Crippen LogP contribution in [0.4, 0.5) is 4.79 Å². The minimum Gasteiger partial charge on any atom is -0.480 e. The van der Waals surface area contributed by atoms with Gasteiger partial charge in [0, 0.05) is 5.56 Å². The van der Waals surface area contributed by atoms with Crippen molar-refractivity contribution >= 4 is 12.0 Å². The number of amides is 2. The maximum Gasteiger partial charge on any atom is 0.326 e. The molecule has 2 amide bonds. The number of rotatable bonds is 6. The molecule has 0 bridgehead atoms. The fourth-order valence-corrected chi connectivity index (χ4v) is 2.24. The van der Waals surface area contributed by atoms with Gasteiger partial charge in [-0.25, -0.2) is 9.59 Å². The van der Waals surface area contributed by atoms with Gasteiger partial charge in [-0.15, -0.1) is 0 Å². The molecule has 0 fully saturated rings. The van der Waals surface area contributed by atoms with Gasteiger partial charge in [0.05, 0.1) is 11.7 Å². The average molecular weight is 297 g/mol. The van der Waals surface area contributed by atoms with Gasteiger partial charge < -0.3 is 20.3 Å². The van der Waals surface area contributed by atoms with E-state index in [9.17, 15) is 9.59 Å².